The maximum Gasteiger partial charge on any atom is 0.414 e. The Labute approximate surface area is 168 Å². The fraction of sp³-hybridized carbons (Fsp3) is 0.200. The van der Waals surface area contributed by atoms with Gasteiger partial charge in [-0.2, -0.15) is 5.10 Å². The summed E-state index contributed by atoms with van der Waals surface area (Å²) in [6.45, 7) is 5.21. The number of imidazole rings is 1. The average molecular weight is 413 g/mol. The molecule has 0 aliphatic heterocycles. The molecule has 8 nitrogen and oxygen atoms in total. The number of aromatic nitrogens is 4. The first-order valence-corrected chi connectivity index (χ1v) is 8.99. The van der Waals surface area contributed by atoms with Gasteiger partial charge in [-0.1, -0.05) is 6.07 Å². The van der Waals surface area contributed by atoms with Gasteiger partial charge in [-0.3, -0.25) is 10.1 Å². The molecule has 0 saturated heterocycles. The SMILES string of the molecule is CC(C)(C)OC(=O)Nc1nc2ccc(-c3n[nH]c(=O)c4c(F)ccc(F)c34)cc2[nH]1. The van der Waals surface area contributed by atoms with Crippen LogP contribution in [0.4, 0.5) is 19.5 Å². The second kappa shape index (κ2) is 6.90. The lowest BCUT2D eigenvalue weighted by Crippen LogP contribution is -2.27. The van der Waals surface area contributed by atoms with E-state index in [2.05, 4.69) is 25.5 Å². The number of carbonyl (C=O) groups is 1. The van der Waals surface area contributed by atoms with Crippen molar-refractivity contribution in [3.05, 3.63) is 52.3 Å². The molecule has 0 spiro atoms. The van der Waals surface area contributed by atoms with Gasteiger partial charge in [-0.25, -0.2) is 23.7 Å². The van der Waals surface area contributed by atoms with Crippen LogP contribution in [-0.4, -0.2) is 31.9 Å². The molecule has 0 radical (unpaired) electrons. The van der Waals surface area contributed by atoms with E-state index in [0.717, 1.165) is 12.1 Å². The van der Waals surface area contributed by atoms with Crippen molar-refractivity contribution in [1.29, 1.82) is 0 Å². The highest BCUT2D eigenvalue weighted by Crippen LogP contribution is 2.30. The number of amides is 1. The van der Waals surface area contributed by atoms with Gasteiger partial charge in [0.1, 0.15) is 22.9 Å². The molecule has 0 atom stereocenters. The second-order valence-electron chi connectivity index (χ2n) is 7.62. The average Bonchev–Trinajstić information content (AvgIpc) is 3.04. The first kappa shape index (κ1) is 19.5. The Morgan fingerprint density at radius 2 is 1.80 bits per heavy atom. The summed E-state index contributed by atoms with van der Waals surface area (Å²) in [5.41, 5.74) is 0.0268. The van der Waals surface area contributed by atoms with Crippen LogP contribution in [0.5, 0.6) is 0 Å². The molecule has 0 saturated carbocycles. The van der Waals surface area contributed by atoms with Crippen molar-refractivity contribution in [2.75, 3.05) is 5.32 Å². The number of nitrogens with zero attached hydrogens (tertiary/aromatic N) is 2. The van der Waals surface area contributed by atoms with Crippen LogP contribution in [-0.2, 0) is 4.74 Å². The highest BCUT2D eigenvalue weighted by Gasteiger charge is 2.19. The van der Waals surface area contributed by atoms with Crippen molar-refractivity contribution in [2.24, 2.45) is 0 Å². The quantitative estimate of drug-likeness (QED) is 0.458. The molecule has 3 N–H and O–H groups in total. The zero-order chi connectivity index (χ0) is 21.6. The fourth-order valence-corrected chi connectivity index (χ4v) is 3.05. The minimum Gasteiger partial charge on any atom is -0.444 e. The number of benzene rings is 2. The molecule has 30 heavy (non-hydrogen) atoms. The summed E-state index contributed by atoms with van der Waals surface area (Å²) in [6, 6.07) is 6.67. The van der Waals surface area contributed by atoms with Gasteiger partial charge in [0.25, 0.3) is 5.56 Å². The predicted octanol–water partition coefficient (Wildman–Crippen LogP) is 4.09. The second-order valence-corrected chi connectivity index (χ2v) is 7.62. The zero-order valence-electron chi connectivity index (χ0n) is 16.3. The van der Waals surface area contributed by atoms with E-state index in [-0.39, 0.29) is 17.0 Å². The first-order valence-electron chi connectivity index (χ1n) is 8.99. The highest BCUT2D eigenvalue weighted by atomic mass is 19.1. The Morgan fingerprint density at radius 3 is 2.50 bits per heavy atom. The van der Waals surface area contributed by atoms with E-state index in [1.165, 1.54) is 0 Å². The van der Waals surface area contributed by atoms with Crippen LogP contribution < -0.4 is 10.9 Å². The van der Waals surface area contributed by atoms with E-state index in [9.17, 15) is 18.4 Å². The molecule has 0 unspecified atom stereocenters. The molecule has 10 heteroatoms. The Bertz CT molecular complexity index is 1350. The van der Waals surface area contributed by atoms with Crippen LogP contribution >= 0.6 is 0 Å². The third-order valence-electron chi connectivity index (χ3n) is 4.21. The summed E-state index contributed by atoms with van der Waals surface area (Å²) < 4.78 is 33.8. The van der Waals surface area contributed by atoms with Gasteiger partial charge in [0.15, 0.2) is 0 Å². The number of nitrogens with one attached hydrogen (secondary N) is 3. The van der Waals surface area contributed by atoms with Crippen molar-refractivity contribution in [2.45, 2.75) is 26.4 Å². The molecule has 1 amide bonds. The molecule has 0 aliphatic rings. The number of ether oxygens (including phenoxy) is 1. The molecule has 0 fully saturated rings. The van der Waals surface area contributed by atoms with Gasteiger partial charge in [0.2, 0.25) is 5.95 Å². The molecular weight excluding hydrogens is 396 g/mol. The molecular formula is C20H17F2N5O3. The van der Waals surface area contributed by atoms with Crippen molar-refractivity contribution >= 4 is 33.8 Å². The number of halogens is 2. The summed E-state index contributed by atoms with van der Waals surface area (Å²) in [5.74, 6) is -1.45. The van der Waals surface area contributed by atoms with E-state index in [0.29, 0.717) is 16.6 Å². The van der Waals surface area contributed by atoms with Crippen LogP contribution in [0.1, 0.15) is 20.8 Å². The van der Waals surface area contributed by atoms with Gasteiger partial charge in [0.05, 0.1) is 21.8 Å². The van der Waals surface area contributed by atoms with E-state index in [4.69, 9.17) is 4.74 Å². The molecule has 2 heterocycles. The third kappa shape index (κ3) is 3.59. The summed E-state index contributed by atoms with van der Waals surface area (Å²) in [6.07, 6.45) is -0.673. The maximum atomic E-state index is 14.4. The number of hydrogen-bond donors (Lipinski definition) is 3. The lowest BCUT2D eigenvalue weighted by molar-refractivity contribution is 0.0635. The number of carbonyl (C=O) groups excluding carboxylic acids is 1. The Balaban J connectivity index is 1.77. The zero-order valence-corrected chi connectivity index (χ0v) is 16.3. The number of H-pyrrole nitrogens is 2. The lowest BCUT2D eigenvalue weighted by Gasteiger charge is -2.18. The van der Waals surface area contributed by atoms with Crippen molar-refractivity contribution in [3.63, 3.8) is 0 Å². The largest absolute Gasteiger partial charge is 0.444 e. The maximum absolute atomic E-state index is 14.4. The van der Waals surface area contributed by atoms with Gasteiger partial charge in [-0.15, -0.1) is 0 Å². The van der Waals surface area contributed by atoms with Crippen molar-refractivity contribution in [1.82, 2.24) is 20.2 Å². The number of rotatable bonds is 2. The standard InChI is InChI=1S/C20H17F2N5O3/c1-20(2,3)30-19(29)25-18-23-12-7-4-9(8-13(12)24-18)16-14-10(21)5-6-11(22)15(14)17(28)27-26-16/h4-8H,1-3H3,(H,27,28)(H2,23,24,25,29). The highest BCUT2D eigenvalue weighted by molar-refractivity contribution is 5.96. The van der Waals surface area contributed by atoms with Crippen LogP contribution in [0.15, 0.2) is 35.1 Å². The molecule has 4 aromatic rings. The summed E-state index contributed by atoms with van der Waals surface area (Å²) in [7, 11) is 0. The Hall–Kier alpha value is -3.82. The molecule has 154 valence electrons. The van der Waals surface area contributed by atoms with Gasteiger partial charge >= 0.3 is 6.09 Å². The summed E-state index contributed by atoms with van der Waals surface area (Å²) in [4.78, 5) is 31.0. The molecule has 0 bridgehead atoms. The normalized spacial score (nSPS) is 11.8. The van der Waals surface area contributed by atoms with Gasteiger partial charge < -0.3 is 9.72 Å². The third-order valence-corrected chi connectivity index (χ3v) is 4.21. The Kier molecular flexibility index (Phi) is 4.49. The smallest absolute Gasteiger partial charge is 0.414 e. The molecule has 0 aliphatic carbocycles. The fourth-order valence-electron chi connectivity index (χ4n) is 3.05. The minimum absolute atomic E-state index is 0.0692. The van der Waals surface area contributed by atoms with Crippen LogP contribution in [0.3, 0.4) is 0 Å². The summed E-state index contributed by atoms with van der Waals surface area (Å²) >= 11 is 0. The van der Waals surface area contributed by atoms with E-state index >= 15 is 0 Å². The molecule has 2 aromatic carbocycles. The number of hydrogen-bond acceptors (Lipinski definition) is 5. The topological polar surface area (TPSA) is 113 Å². The Morgan fingerprint density at radius 1 is 1.10 bits per heavy atom. The number of anilines is 1. The number of aromatic amines is 2. The lowest BCUT2D eigenvalue weighted by atomic mass is 10.0. The molecule has 4 rings (SSSR count). The van der Waals surface area contributed by atoms with Gasteiger partial charge in [-0.05, 0) is 45.0 Å². The first-order chi connectivity index (χ1) is 14.1. The van der Waals surface area contributed by atoms with E-state index in [1.54, 1.807) is 39.0 Å². The van der Waals surface area contributed by atoms with E-state index in [1.807, 2.05) is 0 Å². The van der Waals surface area contributed by atoms with Gasteiger partial charge in [0, 0.05) is 5.56 Å². The van der Waals surface area contributed by atoms with Crippen molar-refractivity contribution in [3.8, 4) is 11.3 Å². The number of fused-ring (bicyclic) bond motifs is 2. The minimum atomic E-state index is -0.845. The monoisotopic (exact) mass is 413 g/mol. The molecule has 2 aromatic heterocycles. The summed E-state index contributed by atoms with van der Waals surface area (Å²) in [5, 5.41) is 7.99. The predicted molar refractivity (Wildman–Crippen MR) is 107 cm³/mol. The van der Waals surface area contributed by atoms with Crippen LogP contribution in [0.2, 0.25) is 0 Å². The van der Waals surface area contributed by atoms with E-state index < -0.39 is 34.3 Å². The van der Waals surface area contributed by atoms with Crippen molar-refractivity contribution < 1.29 is 18.3 Å². The van der Waals surface area contributed by atoms with Crippen LogP contribution in [0, 0.1) is 11.6 Å². The van der Waals surface area contributed by atoms with Crippen LogP contribution in [0.25, 0.3) is 33.1 Å².